The van der Waals surface area contributed by atoms with Gasteiger partial charge in [-0.05, 0) is 49.2 Å². The molecule has 0 unspecified atom stereocenters. The van der Waals surface area contributed by atoms with E-state index in [-0.39, 0.29) is 5.91 Å². The number of likely N-dealkylation sites (tertiary alicyclic amines) is 1. The van der Waals surface area contributed by atoms with Crippen molar-refractivity contribution in [1.29, 1.82) is 0 Å². The Labute approximate surface area is 158 Å². The first kappa shape index (κ1) is 17.1. The fourth-order valence-corrected chi connectivity index (χ4v) is 3.74. The summed E-state index contributed by atoms with van der Waals surface area (Å²) in [6.07, 6.45) is 4.63. The second-order valence-electron chi connectivity index (χ2n) is 6.81. The van der Waals surface area contributed by atoms with Gasteiger partial charge in [-0.15, -0.1) is 0 Å². The van der Waals surface area contributed by atoms with Gasteiger partial charge in [0.2, 0.25) is 5.91 Å². The number of halogens is 1. The summed E-state index contributed by atoms with van der Waals surface area (Å²) in [5.74, 6) is 0.983. The van der Waals surface area contributed by atoms with Gasteiger partial charge in [0, 0.05) is 23.7 Å². The molecule has 134 valence electrons. The number of hydrogen-bond donors (Lipinski definition) is 0. The molecule has 0 bridgehead atoms. The molecule has 1 amide bonds. The van der Waals surface area contributed by atoms with E-state index in [1.807, 2.05) is 58.0 Å². The molecule has 1 fully saturated rings. The molecule has 0 N–H and O–H groups in total. The minimum atomic E-state index is 0.172. The minimum Gasteiger partial charge on any atom is -0.341 e. The van der Waals surface area contributed by atoms with Crippen LogP contribution < -0.4 is 0 Å². The Bertz CT molecular complexity index is 909. The van der Waals surface area contributed by atoms with E-state index in [0.717, 1.165) is 48.4 Å². The molecule has 3 aromatic rings. The molecule has 1 aliphatic rings. The zero-order valence-corrected chi connectivity index (χ0v) is 15.5. The van der Waals surface area contributed by atoms with E-state index in [9.17, 15) is 4.79 Å². The average Bonchev–Trinajstić information content (AvgIpc) is 2.84. The van der Waals surface area contributed by atoms with Gasteiger partial charge in [-0.2, -0.15) is 0 Å². The van der Waals surface area contributed by atoms with Crippen LogP contribution >= 0.6 is 11.6 Å². The van der Waals surface area contributed by atoms with Gasteiger partial charge >= 0.3 is 0 Å². The lowest BCUT2D eigenvalue weighted by Gasteiger charge is -2.21. The van der Waals surface area contributed by atoms with Crippen molar-refractivity contribution in [1.82, 2.24) is 14.5 Å². The fraction of sp³-hybridized carbons (Fsp3) is 0.333. The van der Waals surface area contributed by atoms with Gasteiger partial charge in [-0.1, -0.05) is 36.6 Å². The van der Waals surface area contributed by atoms with Gasteiger partial charge in [0.05, 0.1) is 11.0 Å². The van der Waals surface area contributed by atoms with Gasteiger partial charge in [0.1, 0.15) is 12.4 Å². The number of rotatable bonds is 3. The summed E-state index contributed by atoms with van der Waals surface area (Å²) in [6.45, 7) is 2.04. The Balaban J connectivity index is 1.71. The maximum absolute atomic E-state index is 13.0. The number of fused-ring (bicyclic) bond motifs is 1. The number of carbonyl (C=O) groups excluding carboxylic acids is 1. The van der Waals surface area contributed by atoms with Crippen LogP contribution in [-0.4, -0.2) is 33.4 Å². The number of aromatic nitrogens is 2. The van der Waals surface area contributed by atoms with E-state index in [1.54, 1.807) is 0 Å². The maximum atomic E-state index is 13.0. The highest BCUT2D eigenvalue weighted by Gasteiger charge is 2.20. The van der Waals surface area contributed by atoms with E-state index in [4.69, 9.17) is 16.6 Å². The highest BCUT2D eigenvalue weighted by molar-refractivity contribution is 6.30. The van der Waals surface area contributed by atoms with E-state index < -0.39 is 0 Å². The van der Waals surface area contributed by atoms with Crippen molar-refractivity contribution in [2.75, 3.05) is 13.1 Å². The number of para-hydroxylation sites is 2. The first-order valence-corrected chi connectivity index (χ1v) is 9.59. The van der Waals surface area contributed by atoms with Crippen LogP contribution in [0.1, 0.15) is 25.7 Å². The Morgan fingerprint density at radius 1 is 0.962 bits per heavy atom. The van der Waals surface area contributed by atoms with E-state index in [2.05, 4.69) is 0 Å². The van der Waals surface area contributed by atoms with Crippen molar-refractivity contribution < 1.29 is 4.79 Å². The van der Waals surface area contributed by atoms with Crippen LogP contribution in [0, 0.1) is 0 Å². The molecule has 2 heterocycles. The van der Waals surface area contributed by atoms with Gasteiger partial charge < -0.3 is 9.47 Å². The molecule has 1 saturated heterocycles. The molecular weight excluding hydrogens is 346 g/mol. The van der Waals surface area contributed by atoms with Crippen LogP contribution in [-0.2, 0) is 11.3 Å². The third-order valence-electron chi connectivity index (χ3n) is 5.01. The minimum absolute atomic E-state index is 0.172. The first-order chi connectivity index (χ1) is 12.7. The largest absolute Gasteiger partial charge is 0.341 e. The molecule has 5 heteroatoms. The predicted octanol–water partition coefficient (Wildman–Crippen LogP) is 4.76. The van der Waals surface area contributed by atoms with E-state index >= 15 is 0 Å². The molecule has 1 aliphatic heterocycles. The van der Waals surface area contributed by atoms with Crippen LogP contribution in [0.2, 0.25) is 5.02 Å². The van der Waals surface area contributed by atoms with Gasteiger partial charge in [-0.25, -0.2) is 4.98 Å². The number of nitrogens with zero attached hydrogens (tertiary/aromatic N) is 3. The summed E-state index contributed by atoms with van der Waals surface area (Å²) in [7, 11) is 0. The second kappa shape index (κ2) is 7.50. The monoisotopic (exact) mass is 367 g/mol. The standard InChI is InChI=1S/C21H22ClN3O/c22-17-11-9-16(10-12-17)21-23-18-7-3-4-8-19(18)25(21)15-20(26)24-13-5-1-2-6-14-24/h3-4,7-12H,1-2,5-6,13-15H2. The summed E-state index contributed by atoms with van der Waals surface area (Å²) >= 11 is 6.03. The van der Waals surface area contributed by atoms with Crippen molar-refractivity contribution in [2.45, 2.75) is 32.2 Å². The first-order valence-electron chi connectivity index (χ1n) is 9.21. The lowest BCUT2D eigenvalue weighted by atomic mass is 10.2. The van der Waals surface area contributed by atoms with Crippen molar-refractivity contribution in [3.8, 4) is 11.4 Å². The lowest BCUT2D eigenvalue weighted by molar-refractivity contribution is -0.131. The van der Waals surface area contributed by atoms with Crippen molar-refractivity contribution in [2.24, 2.45) is 0 Å². The van der Waals surface area contributed by atoms with Crippen LogP contribution in [0.4, 0.5) is 0 Å². The molecule has 0 saturated carbocycles. The number of benzene rings is 2. The van der Waals surface area contributed by atoms with E-state index in [1.165, 1.54) is 12.8 Å². The molecule has 0 aliphatic carbocycles. The Morgan fingerprint density at radius 2 is 1.65 bits per heavy atom. The summed E-state index contributed by atoms with van der Waals surface area (Å²) in [5.41, 5.74) is 2.86. The van der Waals surface area contributed by atoms with Crippen LogP contribution in [0.25, 0.3) is 22.4 Å². The van der Waals surface area contributed by atoms with Crippen molar-refractivity contribution in [3.63, 3.8) is 0 Å². The van der Waals surface area contributed by atoms with Gasteiger partial charge in [-0.3, -0.25) is 4.79 Å². The quantitative estimate of drug-likeness (QED) is 0.669. The van der Waals surface area contributed by atoms with Gasteiger partial charge in [0.15, 0.2) is 0 Å². The van der Waals surface area contributed by atoms with Gasteiger partial charge in [0.25, 0.3) is 0 Å². The van der Waals surface area contributed by atoms with Crippen LogP contribution in [0.5, 0.6) is 0 Å². The zero-order valence-electron chi connectivity index (χ0n) is 14.7. The molecule has 0 atom stereocenters. The molecule has 2 aromatic carbocycles. The smallest absolute Gasteiger partial charge is 0.242 e. The van der Waals surface area contributed by atoms with Crippen molar-refractivity contribution in [3.05, 3.63) is 53.6 Å². The molecule has 1 aromatic heterocycles. The molecule has 0 spiro atoms. The lowest BCUT2D eigenvalue weighted by Crippen LogP contribution is -2.34. The third-order valence-corrected chi connectivity index (χ3v) is 5.26. The highest BCUT2D eigenvalue weighted by atomic mass is 35.5. The number of hydrogen-bond acceptors (Lipinski definition) is 2. The zero-order chi connectivity index (χ0) is 17.9. The summed E-state index contributed by atoms with van der Waals surface area (Å²) in [6, 6.07) is 15.6. The topological polar surface area (TPSA) is 38.1 Å². The fourth-order valence-electron chi connectivity index (χ4n) is 3.61. The number of carbonyl (C=O) groups is 1. The highest BCUT2D eigenvalue weighted by Crippen LogP contribution is 2.26. The van der Waals surface area contributed by atoms with Crippen molar-refractivity contribution >= 4 is 28.5 Å². The summed E-state index contributed by atoms with van der Waals surface area (Å²) < 4.78 is 2.03. The Hall–Kier alpha value is -2.33. The molecule has 4 nitrogen and oxygen atoms in total. The Morgan fingerprint density at radius 3 is 2.38 bits per heavy atom. The number of imidazole rings is 1. The maximum Gasteiger partial charge on any atom is 0.242 e. The normalized spacial score (nSPS) is 15.2. The Kier molecular flexibility index (Phi) is 4.93. The summed E-state index contributed by atoms with van der Waals surface area (Å²) in [4.78, 5) is 19.7. The molecule has 0 radical (unpaired) electrons. The number of amides is 1. The SMILES string of the molecule is O=C(Cn1c(-c2ccc(Cl)cc2)nc2ccccc21)N1CCCCCC1. The van der Waals surface area contributed by atoms with Crippen LogP contribution in [0.15, 0.2) is 48.5 Å². The second-order valence-corrected chi connectivity index (χ2v) is 7.25. The third kappa shape index (κ3) is 3.47. The molecule has 26 heavy (non-hydrogen) atoms. The van der Waals surface area contributed by atoms with Crippen LogP contribution in [0.3, 0.4) is 0 Å². The summed E-state index contributed by atoms with van der Waals surface area (Å²) in [5, 5.41) is 0.692. The van der Waals surface area contributed by atoms with E-state index in [0.29, 0.717) is 11.6 Å². The average molecular weight is 368 g/mol. The molecular formula is C21H22ClN3O. The predicted molar refractivity (Wildman–Crippen MR) is 105 cm³/mol. The molecule has 4 rings (SSSR count).